The number of thiazole rings is 1. The van der Waals surface area contributed by atoms with E-state index in [0.29, 0.717) is 37.3 Å². The largest absolute Gasteiger partial charge is 0.450 e. The number of ether oxygens (including phenoxy) is 1. The fourth-order valence-electron chi connectivity index (χ4n) is 2.87. The number of aromatic nitrogens is 3. The molecule has 1 unspecified atom stereocenters. The molecule has 0 aliphatic carbocycles. The van der Waals surface area contributed by atoms with Crippen LogP contribution in [0.2, 0.25) is 5.02 Å². The molecule has 0 bridgehead atoms. The molecule has 0 spiro atoms. The van der Waals surface area contributed by atoms with Gasteiger partial charge in [-0.15, -0.1) is 11.3 Å². The van der Waals surface area contributed by atoms with Gasteiger partial charge in [-0.3, -0.25) is 4.79 Å². The van der Waals surface area contributed by atoms with E-state index in [1.165, 1.54) is 11.3 Å². The molecule has 29 heavy (non-hydrogen) atoms. The number of carbonyl (C=O) groups excluding carboxylic acids is 1. The number of rotatable bonds is 4. The van der Waals surface area contributed by atoms with Gasteiger partial charge in [0, 0.05) is 10.6 Å². The van der Waals surface area contributed by atoms with Gasteiger partial charge in [-0.05, 0) is 38.1 Å². The molecule has 0 saturated carbocycles. The van der Waals surface area contributed by atoms with Crippen LogP contribution in [0, 0.1) is 6.92 Å². The molecular formula is C21H16ClN3O3S. The predicted octanol–water partition coefficient (Wildman–Crippen LogP) is 4.93. The van der Waals surface area contributed by atoms with Crippen molar-refractivity contribution in [2.24, 2.45) is 0 Å². The van der Waals surface area contributed by atoms with Gasteiger partial charge in [0.25, 0.3) is 5.56 Å². The maximum Gasteiger partial charge on any atom is 0.350 e. The second-order valence-corrected chi connectivity index (χ2v) is 7.89. The molecule has 0 aliphatic rings. The Morgan fingerprint density at radius 2 is 1.86 bits per heavy atom. The van der Waals surface area contributed by atoms with Gasteiger partial charge in [-0.1, -0.05) is 35.9 Å². The summed E-state index contributed by atoms with van der Waals surface area (Å²) in [6.45, 7) is 3.43. The fourth-order valence-corrected chi connectivity index (χ4v) is 3.95. The summed E-state index contributed by atoms with van der Waals surface area (Å²) in [6.07, 6.45) is -0.722. The summed E-state index contributed by atoms with van der Waals surface area (Å²) < 4.78 is 5.55. The lowest BCUT2D eigenvalue weighted by Crippen LogP contribution is -2.17. The van der Waals surface area contributed by atoms with Crippen molar-refractivity contribution in [2.45, 2.75) is 20.0 Å². The van der Waals surface area contributed by atoms with E-state index < -0.39 is 12.1 Å². The van der Waals surface area contributed by atoms with Crippen LogP contribution < -0.4 is 5.56 Å². The number of hydrogen-bond acceptors (Lipinski definition) is 6. The van der Waals surface area contributed by atoms with Crippen molar-refractivity contribution in [1.29, 1.82) is 0 Å². The number of esters is 1. The highest BCUT2D eigenvalue weighted by atomic mass is 35.5. The molecule has 0 aliphatic heterocycles. The second-order valence-electron chi connectivity index (χ2n) is 6.46. The lowest BCUT2D eigenvalue weighted by atomic mass is 10.2. The number of benzene rings is 2. The summed E-state index contributed by atoms with van der Waals surface area (Å²) in [4.78, 5) is 36.9. The van der Waals surface area contributed by atoms with Gasteiger partial charge in [-0.2, -0.15) is 0 Å². The van der Waals surface area contributed by atoms with Crippen LogP contribution in [-0.2, 0) is 4.74 Å². The third kappa shape index (κ3) is 3.92. The van der Waals surface area contributed by atoms with Gasteiger partial charge in [0.15, 0.2) is 11.9 Å². The highest BCUT2D eigenvalue weighted by molar-refractivity contribution is 7.17. The number of para-hydroxylation sites is 1. The molecule has 0 amide bonds. The standard InChI is InChI=1S/C21H16ClN3O3S/c1-11-17(29-20(23-11)13-7-9-14(22)10-8-13)21(27)28-12(2)18-24-16-6-4-3-5-15(16)19(26)25-18/h3-10,12H,1-2H3,(H,24,25,26). The van der Waals surface area contributed by atoms with Crippen LogP contribution in [0.1, 0.15) is 34.2 Å². The Hall–Kier alpha value is -3.03. The Morgan fingerprint density at radius 1 is 1.14 bits per heavy atom. The summed E-state index contributed by atoms with van der Waals surface area (Å²) in [7, 11) is 0. The quantitative estimate of drug-likeness (QED) is 0.469. The molecule has 6 nitrogen and oxygen atoms in total. The van der Waals surface area contributed by atoms with Gasteiger partial charge in [0.2, 0.25) is 0 Å². The average molecular weight is 426 g/mol. The van der Waals surface area contributed by atoms with Gasteiger partial charge in [0.1, 0.15) is 9.88 Å². The lowest BCUT2D eigenvalue weighted by molar-refractivity contribution is 0.0325. The Balaban J connectivity index is 1.58. The van der Waals surface area contributed by atoms with E-state index in [1.807, 2.05) is 12.1 Å². The van der Waals surface area contributed by atoms with Crippen molar-refractivity contribution < 1.29 is 9.53 Å². The highest BCUT2D eigenvalue weighted by Gasteiger charge is 2.22. The molecule has 0 radical (unpaired) electrons. The van der Waals surface area contributed by atoms with Crippen molar-refractivity contribution in [1.82, 2.24) is 15.0 Å². The van der Waals surface area contributed by atoms with Gasteiger partial charge in [-0.25, -0.2) is 14.8 Å². The molecule has 1 N–H and O–H groups in total. The van der Waals surface area contributed by atoms with Crippen LogP contribution in [0.3, 0.4) is 0 Å². The molecule has 8 heteroatoms. The summed E-state index contributed by atoms with van der Waals surface area (Å²) in [6, 6.07) is 14.3. The summed E-state index contributed by atoms with van der Waals surface area (Å²) in [5.74, 6) is -0.217. The zero-order valence-electron chi connectivity index (χ0n) is 15.6. The van der Waals surface area contributed by atoms with E-state index in [4.69, 9.17) is 16.3 Å². The molecule has 2 aromatic carbocycles. The number of halogens is 1. The van der Waals surface area contributed by atoms with E-state index in [0.717, 1.165) is 5.56 Å². The normalized spacial score (nSPS) is 12.1. The molecular weight excluding hydrogens is 410 g/mol. The summed E-state index contributed by atoms with van der Waals surface area (Å²) in [5, 5.41) is 1.82. The van der Waals surface area contributed by atoms with Crippen molar-refractivity contribution in [2.75, 3.05) is 0 Å². The number of aromatic amines is 1. The Morgan fingerprint density at radius 3 is 2.62 bits per heavy atom. The number of carbonyl (C=O) groups is 1. The third-order valence-corrected chi connectivity index (χ3v) is 5.81. The minimum absolute atomic E-state index is 0.271. The van der Waals surface area contributed by atoms with Crippen molar-refractivity contribution in [3.63, 3.8) is 0 Å². The van der Waals surface area contributed by atoms with Crippen LogP contribution in [0.4, 0.5) is 0 Å². The number of fused-ring (bicyclic) bond motifs is 1. The molecule has 0 saturated heterocycles. The van der Waals surface area contributed by atoms with Crippen molar-refractivity contribution >= 4 is 39.8 Å². The van der Waals surface area contributed by atoms with Crippen LogP contribution in [-0.4, -0.2) is 20.9 Å². The summed E-state index contributed by atoms with van der Waals surface area (Å²) in [5.41, 5.74) is 1.73. The van der Waals surface area contributed by atoms with Crippen LogP contribution in [0.5, 0.6) is 0 Å². The first-order valence-corrected chi connectivity index (χ1v) is 10.0. The maximum absolute atomic E-state index is 12.7. The summed E-state index contributed by atoms with van der Waals surface area (Å²) >= 11 is 7.18. The average Bonchev–Trinajstić information content (AvgIpc) is 3.10. The van der Waals surface area contributed by atoms with Gasteiger partial charge in [0.05, 0.1) is 16.6 Å². The third-order valence-electron chi connectivity index (χ3n) is 4.37. The van der Waals surface area contributed by atoms with Gasteiger partial charge < -0.3 is 9.72 Å². The molecule has 1 atom stereocenters. The van der Waals surface area contributed by atoms with E-state index in [-0.39, 0.29) is 5.56 Å². The van der Waals surface area contributed by atoms with E-state index in [9.17, 15) is 9.59 Å². The molecule has 146 valence electrons. The molecule has 0 fully saturated rings. The van der Waals surface area contributed by atoms with E-state index >= 15 is 0 Å². The van der Waals surface area contributed by atoms with Crippen LogP contribution in [0.15, 0.2) is 53.3 Å². The minimum atomic E-state index is -0.722. The number of aryl methyl sites for hydroxylation is 1. The van der Waals surface area contributed by atoms with Crippen molar-refractivity contribution in [3.05, 3.63) is 80.3 Å². The Labute approximate surface area is 175 Å². The molecule has 4 aromatic rings. The second kappa shape index (κ2) is 7.77. The van der Waals surface area contributed by atoms with E-state index in [2.05, 4.69) is 15.0 Å². The van der Waals surface area contributed by atoms with E-state index in [1.54, 1.807) is 50.2 Å². The number of nitrogens with zero attached hydrogens (tertiary/aromatic N) is 2. The predicted molar refractivity (Wildman–Crippen MR) is 113 cm³/mol. The van der Waals surface area contributed by atoms with Crippen LogP contribution >= 0.6 is 22.9 Å². The Kier molecular flexibility index (Phi) is 5.17. The first-order valence-electron chi connectivity index (χ1n) is 8.85. The maximum atomic E-state index is 12.7. The molecule has 4 rings (SSSR count). The van der Waals surface area contributed by atoms with Crippen molar-refractivity contribution in [3.8, 4) is 10.6 Å². The number of H-pyrrole nitrogens is 1. The first kappa shape index (κ1) is 19.3. The Bertz CT molecular complexity index is 1260. The minimum Gasteiger partial charge on any atom is -0.450 e. The molecule has 2 aromatic heterocycles. The highest BCUT2D eigenvalue weighted by Crippen LogP contribution is 2.30. The number of hydrogen-bond donors (Lipinski definition) is 1. The van der Waals surface area contributed by atoms with Gasteiger partial charge >= 0.3 is 5.97 Å². The van der Waals surface area contributed by atoms with Crippen LogP contribution in [0.25, 0.3) is 21.5 Å². The topological polar surface area (TPSA) is 84.9 Å². The zero-order chi connectivity index (χ0) is 20.5. The smallest absolute Gasteiger partial charge is 0.350 e. The zero-order valence-corrected chi connectivity index (χ0v) is 17.2. The lowest BCUT2D eigenvalue weighted by Gasteiger charge is -2.12. The monoisotopic (exact) mass is 425 g/mol. The first-order chi connectivity index (χ1) is 13.9. The number of nitrogens with one attached hydrogen (secondary N) is 1. The molecule has 2 heterocycles. The SMILES string of the molecule is Cc1nc(-c2ccc(Cl)cc2)sc1C(=O)OC(C)c1nc2ccccc2c(=O)[nH]1. The fraction of sp³-hybridized carbons (Fsp3) is 0.143.